The normalized spacial score (nSPS) is 12.1. The summed E-state index contributed by atoms with van der Waals surface area (Å²) in [6.07, 6.45) is -0.336. The molecule has 2 aromatic rings. The molecule has 0 fully saturated rings. The number of aliphatic hydroxyl groups excluding tert-OH is 1. The Kier molecular flexibility index (Phi) is 7.45. The number of aliphatic hydroxyl groups is 1. The second kappa shape index (κ2) is 10.0. The number of nitrogens with one attached hydrogen (secondary N) is 2. The van der Waals surface area contributed by atoms with Crippen molar-refractivity contribution in [3.63, 3.8) is 0 Å². The fraction of sp³-hybridized carbons (Fsp3) is 0.190. The van der Waals surface area contributed by atoms with E-state index >= 15 is 0 Å². The quantitative estimate of drug-likeness (QED) is 0.395. The van der Waals surface area contributed by atoms with Gasteiger partial charge in [0.2, 0.25) is 0 Å². The number of amides is 2. The zero-order valence-electron chi connectivity index (χ0n) is 15.4. The van der Waals surface area contributed by atoms with E-state index in [-0.39, 0.29) is 0 Å². The summed E-state index contributed by atoms with van der Waals surface area (Å²) in [6.45, 7) is 1.39. The summed E-state index contributed by atoms with van der Waals surface area (Å²) >= 11 is 0. The molecule has 0 unspecified atom stereocenters. The van der Waals surface area contributed by atoms with Gasteiger partial charge in [-0.2, -0.15) is 0 Å². The Hall–Kier alpha value is -3.47. The molecule has 28 heavy (non-hydrogen) atoms. The van der Waals surface area contributed by atoms with Crippen LogP contribution in [0.3, 0.4) is 0 Å². The zero-order valence-corrected chi connectivity index (χ0v) is 15.4. The second-order valence-corrected chi connectivity index (χ2v) is 5.93. The third-order valence-corrected chi connectivity index (χ3v) is 3.80. The summed E-state index contributed by atoms with van der Waals surface area (Å²) < 4.78 is 0. The van der Waals surface area contributed by atoms with Crippen LogP contribution in [0.5, 0.6) is 0 Å². The molecular formula is C21H20N2O5. The molecule has 0 aromatic heterocycles. The number of carbonyl (C=O) groups excluding carboxylic acids is 3. The Balaban J connectivity index is 2.06. The van der Waals surface area contributed by atoms with E-state index in [9.17, 15) is 19.5 Å². The van der Waals surface area contributed by atoms with Gasteiger partial charge >= 0.3 is 0 Å². The number of hydroxylamine groups is 1. The standard InChI is InChI=1S/C21H20N2O5/c1-14(25)19(21(27)23-28-2)22-20(26)18-11-9-16(10-12-18)4-3-15-5-7-17(13-24)8-6-15/h5-14,19,25H,1-2H3,(H,22,26)(H,23,27)/t14-,19+/m1/s1. The van der Waals surface area contributed by atoms with Crippen LogP contribution in [0.2, 0.25) is 0 Å². The van der Waals surface area contributed by atoms with E-state index in [1.165, 1.54) is 14.0 Å². The summed E-state index contributed by atoms with van der Waals surface area (Å²) in [5.41, 5.74) is 4.43. The SMILES string of the molecule is CONC(=O)[C@@H](NC(=O)c1ccc(C#Cc2ccc(C=O)cc2)cc1)[C@@H](C)O. The Bertz CT molecular complexity index is 893. The number of hydrogen-bond donors (Lipinski definition) is 3. The molecule has 3 N–H and O–H groups in total. The van der Waals surface area contributed by atoms with Crippen molar-refractivity contribution in [1.29, 1.82) is 0 Å². The molecule has 0 saturated heterocycles. The third kappa shape index (κ3) is 5.77. The molecule has 2 atom stereocenters. The number of aldehydes is 1. The average Bonchev–Trinajstić information content (AvgIpc) is 2.71. The van der Waals surface area contributed by atoms with E-state index in [2.05, 4.69) is 27.5 Å². The molecule has 0 bridgehead atoms. The minimum Gasteiger partial charge on any atom is -0.391 e. The van der Waals surface area contributed by atoms with Gasteiger partial charge in [0.15, 0.2) is 0 Å². The lowest BCUT2D eigenvalue weighted by molar-refractivity contribution is -0.135. The smallest absolute Gasteiger partial charge is 0.268 e. The van der Waals surface area contributed by atoms with Gasteiger partial charge in [0.25, 0.3) is 11.8 Å². The molecule has 0 aliphatic heterocycles. The van der Waals surface area contributed by atoms with Crippen LogP contribution in [0.1, 0.15) is 38.8 Å². The van der Waals surface area contributed by atoms with Crippen molar-refractivity contribution >= 4 is 18.1 Å². The fourth-order valence-corrected chi connectivity index (χ4v) is 2.29. The van der Waals surface area contributed by atoms with Crippen LogP contribution < -0.4 is 10.8 Å². The van der Waals surface area contributed by atoms with Gasteiger partial charge in [-0.3, -0.25) is 19.2 Å². The zero-order chi connectivity index (χ0) is 20.5. The number of hydrogen-bond acceptors (Lipinski definition) is 5. The molecule has 0 aliphatic carbocycles. The number of carbonyl (C=O) groups is 3. The summed E-state index contributed by atoms with van der Waals surface area (Å²) in [4.78, 5) is 39.3. The van der Waals surface area contributed by atoms with Crippen LogP contribution in [0.15, 0.2) is 48.5 Å². The average molecular weight is 380 g/mol. The summed E-state index contributed by atoms with van der Waals surface area (Å²) in [6, 6.07) is 12.2. The van der Waals surface area contributed by atoms with Crippen LogP contribution >= 0.6 is 0 Å². The predicted molar refractivity (Wildman–Crippen MR) is 102 cm³/mol. The van der Waals surface area contributed by atoms with Crippen molar-refractivity contribution in [2.75, 3.05) is 7.11 Å². The molecule has 2 aromatic carbocycles. The lowest BCUT2D eigenvalue weighted by atomic mass is 10.1. The van der Waals surface area contributed by atoms with Gasteiger partial charge in [-0.05, 0) is 43.3 Å². The fourth-order valence-electron chi connectivity index (χ4n) is 2.29. The highest BCUT2D eigenvalue weighted by Crippen LogP contribution is 2.06. The van der Waals surface area contributed by atoms with E-state index in [4.69, 9.17) is 0 Å². The van der Waals surface area contributed by atoms with Crippen LogP contribution in [0.25, 0.3) is 0 Å². The maximum absolute atomic E-state index is 12.3. The van der Waals surface area contributed by atoms with Gasteiger partial charge in [0.05, 0.1) is 13.2 Å². The van der Waals surface area contributed by atoms with Gasteiger partial charge in [0.1, 0.15) is 12.3 Å². The second-order valence-electron chi connectivity index (χ2n) is 5.93. The Morgan fingerprint density at radius 1 is 1.04 bits per heavy atom. The van der Waals surface area contributed by atoms with Crippen LogP contribution in [-0.2, 0) is 9.63 Å². The largest absolute Gasteiger partial charge is 0.391 e. The first-order chi connectivity index (χ1) is 13.4. The van der Waals surface area contributed by atoms with Gasteiger partial charge in [0, 0.05) is 22.3 Å². The number of benzene rings is 2. The molecule has 7 heteroatoms. The van der Waals surface area contributed by atoms with E-state index in [1.807, 2.05) is 0 Å². The summed E-state index contributed by atoms with van der Waals surface area (Å²) in [5, 5.41) is 12.2. The van der Waals surface area contributed by atoms with Crippen molar-refractivity contribution in [1.82, 2.24) is 10.8 Å². The van der Waals surface area contributed by atoms with Gasteiger partial charge in [-0.25, -0.2) is 5.48 Å². The van der Waals surface area contributed by atoms with Crippen molar-refractivity contribution < 1.29 is 24.3 Å². The van der Waals surface area contributed by atoms with Crippen molar-refractivity contribution in [3.8, 4) is 11.8 Å². The maximum Gasteiger partial charge on any atom is 0.268 e. The van der Waals surface area contributed by atoms with Crippen molar-refractivity contribution in [2.45, 2.75) is 19.1 Å². The lowest BCUT2D eigenvalue weighted by Gasteiger charge is -2.20. The highest BCUT2D eigenvalue weighted by molar-refractivity contribution is 5.97. The predicted octanol–water partition coefficient (Wildman–Crippen LogP) is 1.06. The maximum atomic E-state index is 12.3. The molecule has 0 spiro atoms. The third-order valence-electron chi connectivity index (χ3n) is 3.80. The van der Waals surface area contributed by atoms with Gasteiger partial charge < -0.3 is 10.4 Å². The molecular weight excluding hydrogens is 360 g/mol. The van der Waals surface area contributed by atoms with Crippen molar-refractivity contribution in [3.05, 3.63) is 70.8 Å². The van der Waals surface area contributed by atoms with Gasteiger partial charge in [-0.15, -0.1) is 0 Å². The van der Waals surface area contributed by atoms with E-state index < -0.39 is 24.0 Å². The summed E-state index contributed by atoms with van der Waals surface area (Å²) in [5.74, 6) is 4.77. The minimum atomic E-state index is -1.15. The van der Waals surface area contributed by atoms with E-state index in [0.717, 1.165) is 11.8 Å². The highest BCUT2D eigenvalue weighted by Gasteiger charge is 2.26. The highest BCUT2D eigenvalue weighted by atomic mass is 16.6. The first-order valence-electron chi connectivity index (χ1n) is 8.43. The topological polar surface area (TPSA) is 105 Å². The Morgan fingerprint density at radius 2 is 1.57 bits per heavy atom. The molecule has 0 heterocycles. The molecule has 0 saturated carbocycles. The number of rotatable bonds is 6. The molecule has 2 amide bonds. The first kappa shape index (κ1) is 20.8. The monoisotopic (exact) mass is 380 g/mol. The van der Waals surface area contributed by atoms with Crippen LogP contribution in [0.4, 0.5) is 0 Å². The first-order valence-corrected chi connectivity index (χ1v) is 8.43. The van der Waals surface area contributed by atoms with E-state index in [0.29, 0.717) is 16.7 Å². The molecule has 144 valence electrons. The van der Waals surface area contributed by atoms with E-state index in [1.54, 1.807) is 48.5 Å². The molecule has 0 radical (unpaired) electrons. The Labute approximate surface area is 162 Å². The minimum absolute atomic E-state index is 0.316. The van der Waals surface area contributed by atoms with Gasteiger partial charge in [-0.1, -0.05) is 24.0 Å². The molecule has 0 aliphatic rings. The van der Waals surface area contributed by atoms with Crippen LogP contribution in [0, 0.1) is 11.8 Å². The van der Waals surface area contributed by atoms with Crippen molar-refractivity contribution in [2.24, 2.45) is 0 Å². The molecule has 2 rings (SSSR count). The Morgan fingerprint density at radius 3 is 2.04 bits per heavy atom. The summed E-state index contributed by atoms with van der Waals surface area (Å²) in [7, 11) is 1.26. The lowest BCUT2D eigenvalue weighted by Crippen LogP contribution is -2.52. The molecule has 7 nitrogen and oxygen atoms in total. The van der Waals surface area contributed by atoms with Crippen LogP contribution in [-0.4, -0.2) is 42.5 Å².